The zero-order valence-electron chi connectivity index (χ0n) is 5.63. The van der Waals surface area contributed by atoms with Gasteiger partial charge in [0.15, 0.2) is 0 Å². The predicted octanol–water partition coefficient (Wildman–Crippen LogP) is 1.42. The minimum atomic E-state index is 0.204. The number of rotatable bonds is 1. The normalized spacial score (nSPS) is 9.40. The van der Waals surface area contributed by atoms with E-state index in [1.807, 2.05) is 14.1 Å². The highest BCUT2D eigenvalue weighted by molar-refractivity contribution is 6.57. The molecule has 51 valence electrons. The molecule has 0 atom stereocenters. The van der Waals surface area contributed by atoms with Crippen molar-refractivity contribution in [3.8, 4) is 5.75 Å². The SMILES string of the molecule is C[B]c1ccc(O)cc1Cl. The van der Waals surface area contributed by atoms with Crippen molar-refractivity contribution in [1.82, 2.24) is 0 Å². The highest BCUT2D eigenvalue weighted by Crippen LogP contribution is 2.12. The minimum absolute atomic E-state index is 0.204. The van der Waals surface area contributed by atoms with Crippen molar-refractivity contribution in [2.45, 2.75) is 6.82 Å². The maximum atomic E-state index is 8.93. The van der Waals surface area contributed by atoms with Gasteiger partial charge in [-0.1, -0.05) is 30.0 Å². The zero-order valence-corrected chi connectivity index (χ0v) is 6.39. The van der Waals surface area contributed by atoms with Crippen molar-refractivity contribution >= 4 is 24.3 Å². The van der Waals surface area contributed by atoms with Crippen LogP contribution in [-0.4, -0.2) is 12.4 Å². The second-order valence-corrected chi connectivity index (χ2v) is 2.40. The lowest BCUT2D eigenvalue weighted by atomic mass is 9.73. The molecule has 1 nitrogen and oxygen atoms in total. The van der Waals surface area contributed by atoms with Crippen molar-refractivity contribution in [2.24, 2.45) is 0 Å². The Kier molecular flexibility index (Phi) is 2.23. The number of aromatic hydroxyl groups is 1. The molecule has 1 aromatic carbocycles. The number of phenols is 1. The third-order valence-electron chi connectivity index (χ3n) is 1.30. The Morgan fingerprint density at radius 2 is 2.20 bits per heavy atom. The summed E-state index contributed by atoms with van der Waals surface area (Å²) in [5.41, 5.74) is 0.944. The van der Waals surface area contributed by atoms with Gasteiger partial charge in [0.1, 0.15) is 13.0 Å². The Morgan fingerprint density at radius 3 is 2.70 bits per heavy atom. The lowest BCUT2D eigenvalue weighted by molar-refractivity contribution is 0.475. The average Bonchev–Trinajstić information content (AvgIpc) is 1.88. The Labute approximate surface area is 65.9 Å². The van der Waals surface area contributed by atoms with E-state index in [1.165, 1.54) is 6.07 Å². The molecule has 1 rings (SSSR count). The van der Waals surface area contributed by atoms with E-state index in [1.54, 1.807) is 12.1 Å². The first-order valence-electron chi connectivity index (χ1n) is 3.02. The first-order valence-corrected chi connectivity index (χ1v) is 3.39. The molecule has 0 aliphatic heterocycles. The fourth-order valence-electron chi connectivity index (χ4n) is 0.750. The Bertz CT molecular complexity index is 237. The largest absolute Gasteiger partial charge is 0.508 e. The first-order chi connectivity index (χ1) is 4.74. The van der Waals surface area contributed by atoms with Crippen LogP contribution in [0.5, 0.6) is 5.75 Å². The number of hydrogen-bond acceptors (Lipinski definition) is 1. The molecule has 3 heteroatoms. The lowest BCUT2D eigenvalue weighted by Gasteiger charge is -1.98. The molecule has 0 bridgehead atoms. The molecule has 0 fully saturated rings. The summed E-state index contributed by atoms with van der Waals surface area (Å²) in [6.07, 6.45) is 0. The van der Waals surface area contributed by atoms with Crippen LogP contribution in [0.3, 0.4) is 0 Å². The monoisotopic (exact) mass is 153 g/mol. The maximum Gasteiger partial charge on any atom is 0.150 e. The molecule has 10 heavy (non-hydrogen) atoms. The van der Waals surface area contributed by atoms with E-state index >= 15 is 0 Å². The molecule has 0 saturated heterocycles. The lowest BCUT2D eigenvalue weighted by Crippen LogP contribution is -2.10. The zero-order chi connectivity index (χ0) is 7.56. The van der Waals surface area contributed by atoms with E-state index in [9.17, 15) is 0 Å². The summed E-state index contributed by atoms with van der Waals surface area (Å²) in [5, 5.41) is 9.52. The van der Waals surface area contributed by atoms with Gasteiger partial charge in [-0.3, -0.25) is 0 Å². The van der Waals surface area contributed by atoms with Gasteiger partial charge >= 0.3 is 0 Å². The van der Waals surface area contributed by atoms with E-state index in [0.29, 0.717) is 5.02 Å². The number of benzene rings is 1. The van der Waals surface area contributed by atoms with Crippen LogP contribution in [0.15, 0.2) is 18.2 Å². The number of hydrogen-bond donors (Lipinski definition) is 1. The molecule has 0 amide bonds. The van der Waals surface area contributed by atoms with Crippen molar-refractivity contribution in [3.63, 3.8) is 0 Å². The topological polar surface area (TPSA) is 20.2 Å². The summed E-state index contributed by atoms with van der Waals surface area (Å²) in [4.78, 5) is 0. The van der Waals surface area contributed by atoms with Crippen LogP contribution in [0.4, 0.5) is 0 Å². The predicted molar refractivity (Wildman–Crippen MR) is 44.4 cm³/mol. The quantitative estimate of drug-likeness (QED) is 0.605. The van der Waals surface area contributed by atoms with Crippen molar-refractivity contribution < 1.29 is 5.11 Å². The van der Waals surface area contributed by atoms with Crippen molar-refractivity contribution in [1.29, 1.82) is 0 Å². The van der Waals surface area contributed by atoms with Crippen LogP contribution in [-0.2, 0) is 0 Å². The van der Waals surface area contributed by atoms with Crippen molar-refractivity contribution in [3.05, 3.63) is 23.2 Å². The van der Waals surface area contributed by atoms with Gasteiger partial charge in [-0.15, -0.1) is 0 Å². The number of halogens is 1. The Morgan fingerprint density at radius 1 is 1.50 bits per heavy atom. The summed E-state index contributed by atoms with van der Waals surface area (Å²) < 4.78 is 0. The summed E-state index contributed by atoms with van der Waals surface area (Å²) in [7, 11) is 1.89. The fraction of sp³-hybridized carbons (Fsp3) is 0.143. The third kappa shape index (κ3) is 1.45. The number of phenolic OH excluding ortho intramolecular Hbond substituents is 1. The summed E-state index contributed by atoms with van der Waals surface area (Å²) in [6.45, 7) is 1.90. The standard InChI is InChI=1S/C7H7BClO/c1-8-6-3-2-5(10)4-7(6)9/h2-4,10H,1H3. The Balaban J connectivity index is 3.07. The highest BCUT2D eigenvalue weighted by atomic mass is 35.5. The molecule has 1 aromatic rings. The molecule has 0 aliphatic carbocycles. The second-order valence-electron chi connectivity index (χ2n) is 1.99. The van der Waals surface area contributed by atoms with Gasteiger partial charge in [0.25, 0.3) is 0 Å². The van der Waals surface area contributed by atoms with Gasteiger partial charge in [0.2, 0.25) is 0 Å². The van der Waals surface area contributed by atoms with Gasteiger partial charge in [-0.05, 0) is 12.1 Å². The summed E-state index contributed by atoms with van der Waals surface area (Å²) in [6, 6.07) is 4.91. The van der Waals surface area contributed by atoms with Gasteiger partial charge < -0.3 is 5.11 Å². The second kappa shape index (κ2) is 2.97. The molecule has 0 spiro atoms. The minimum Gasteiger partial charge on any atom is -0.508 e. The van der Waals surface area contributed by atoms with Crippen LogP contribution < -0.4 is 5.46 Å². The van der Waals surface area contributed by atoms with E-state index < -0.39 is 0 Å². The third-order valence-corrected chi connectivity index (χ3v) is 1.62. The first kappa shape index (κ1) is 7.48. The van der Waals surface area contributed by atoms with Gasteiger partial charge in [-0.25, -0.2) is 0 Å². The average molecular weight is 153 g/mol. The highest BCUT2D eigenvalue weighted by Gasteiger charge is 1.97. The smallest absolute Gasteiger partial charge is 0.150 e. The summed E-state index contributed by atoms with van der Waals surface area (Å²) in [5.74, 6) is 0.204. The molecule has 0 aromatic heterocycles. The molecule has 0 aliphatic rings. The molecule has 1 N–H and O–H groups in total. The van der Waals surface area contributed by atoms with Crippen molar-refractivity contribution in [2.75, 3.05) is 0 Å². The molecular weight excluding hydrogens is 146 g/mol. The molecule has 0 saturated carbocycles. The molecule has 0 heterocycles. The van der Waals surface area contributed by atoms with E-state index in [2.05, 4.69) is 0 Å². The van der Waals surface area contributed by atoms with Crippen LogP contribution >= 0.6 is 11.6 Å². The van der Waals surface area contributed by atoms with Crippen LogP contribution in [0, 0.1) is 0 Å². The molecule has 1 radical (unpaired) electrons. The van der Waals surface area contributed by atoms with Crippen LogP contribution in [0.25, 0.3) is 0 Å². The maximum absolute atomic E-state index is 8.93. The molecule has 0 unspecified atom stereocenters. The van der Waals surface area contributed by atoms with Gasteiger partial charge in [0, 0.05) is 5.02 Å². The summed E-state index contributed by atoms with van der Waals surface area (Å²) >= 11 is 5.74. The van der Waals surface area contributed by atoms with E-state index in [4.69, 9.17) is 16.7 Å². The van der Waals surface area contributed by atoms with E-state index in [-0.39, 0.29) is 5.75 Å². The molecular formula is C7H7BClO. The van der Waals surface area contributed by atoms with Gasteiger partial charge in [-0.2, -0.15) is 0 Å². The van der Waals surface area contributed by atoms with E-state index in [0.717, 1.165) is 5.46 Å². The van der Waals surface area contributed by atoms with Crippen LogP contribution in [0.2, 0.25) is 11.8 Å². The van der Waals surface area contributed by atoms with Gasteiger partial charge in [0.05, 0.1) is 0 Å². The van der Waals surface area contributed by atoms with Crippen LogP contribution in [0.1, 0.15) is 0 Å². The Hall–Kier alpha value is -0.625. The fourth-order valence-corrected chi connectivity index (χ4v) is 1.03.